The van der Waals surface area contributed by atoms with Crippen LogP contribution < -0.4 is 10.1 Å². The standard InChI is InChI=1S/C24H20F3N5O5S/c1-13(29-23(34)15-8-17(37-24(25,26)27)10-18(9-15)38(3,35)36)21-22(32-12-16(11-28-32)14(2)33)31-20-7-5-4-6-19(20)30-21/h4-13H,1-3H3,(H,29,34). The monoisotopic (exact) mass is 547 g/mol. The van der Waals surface area contributed by atoms with Crippen molar-refractivity contribution >= 4 is 32.6 Å². The molecule has 0 bridgehead atoms. The van der Waals surface area contributed by atoms with E-state index in [9.17, 15) is 31.2 Å². The highest BCUT2D eigenvalue weighted by molar-refractivity contribution is 7.90. The zero-order valence-electron chi connectivity index (χ0n) is 20.1. The Morgan fingerprint density at radius 1 is 1.05 bits per heavy atom. The largest absolute Gasteiger partial charge is 0.573 e. The van der Waals surface area contributed by atoms with Crippen LogP contribution in [0.4, 0.5) is 13.2 Å². The molecule has 1 atom stereocenters. The Hall–Kier alpha value is -4.33. The molecule has 2 aromatic heterocycles. The lowest BCUT2D eigenvalue weighted by atomic mass is 10.1. The average Bonchev–Trinajstić information content (AvgIpc) is 3.32. The second kappa shape index (κ2) is 9.85. The molecule has 1 unspecified atom stereocenters. The molecule has 0 saturated carbocycles. The highest BCUT2D eigenvalue weighted by atomic mass is 32.2. The molecule has 2 aromatic carbocycles. The fourth-order valence-corrected chi connectivity index (χ4v) is 4.21. The van der Waals surface area contributed by atoms with Crippen LogP contribution in [0.25, 0.3) is 16.9 Å². The van der Waals surface area contributed by atoms with Crippen molar-refractivity contribution in [2.45, 2.75) is 31.1 Å². The van der Waals surface area contributed by atoms with Gasteiger partial charge in [-0.2, -0.15) is 5.10 Å². The number of Topliss-reactive ketones (excluding diaryl/α,β-unsaturated/α-hetero) is 1. The third-order valence-corrected chi connectivity index (χ3v) is 6.44. The van der Waals surface area contributed by atoms with Gasteiger partial charge in [-0.15, -0.1) is 13.2 Å². The van der Waals surface area contributed by atoms with Crippen molar-refractivity contribution in [1.82, 2.24) is 25.1 Å². The fraction of sp³-hybridized carbons (Fsp3) is 0.208. The molecule has 38 heavy (non-hydrogen) atoms. The Morgan fingerprint density at radius 3 is 2.29 bits per heavy atom. The Balaban J connectivity index is 1.74. The first-order valence-corrected chi connectivity index (χ1v) is 12.8. The van der Waals surface area contributed by atoms with Gasteiger partial charge in [0, 0.05) is 18.0 Å². The summed E-state index contributed by atoms with van der Waals surface area (Å²) < 4.78 is 67.6. The SMILES string of the molecule is CC(=O)c1cnn(-c2nc3ccccc3nc2C(C)NC(=O)c2cc(OC(F)(F)F)cc(S(C)(=O)=O)c2)c1. The molecule has 0 aliphatic carbocycles. The maximum Gasteiger partial charge on any atom is 0.573 e. The van der Waals surface area contributed by atoms with E-state index in [-0.39, 0.29) is 22.9 Å². The van der Waals surface area contributed by atoms with Crippen LogP contribution in [0.15, 0.2) is 59.8 Å². The predicted octanol–water partition coefficient (Wildman–Crippen LogP) is 3.81. The van der Waals surface area contributed by atoms with Gasteiger partial charge in [0.15, 0.2) is 21.4 Å². The summed E-state index contributed by atoms with van der Waals surface area (Å²) in [6, 6.07) is 8.44. The molecule has 0 radical (unpaired) electrons. The zero-order chi connectivity index (χ0) is 27.8. The van der Waals surface area contributed by atoms with Crippen molar-refractivity contribution in [2.75, 3.05) is 6.26 Å². The molecular weight excluding hydrogens is 527 g/mol. The molecule has 198 valence electrons. The number of hydrogen-bond donors (Lipinski definition) is 1. The van der Waals surface area contributed by atoms with Crippen LogP contribution >= 0.6 is 0 Å². The number of rotatable bonds is 7. The van der Waals surface area contributed by atoms with Crippen molar-refractivity contribution in [1.29, 1.82) is 0 Å². The summed E-state index contributed by atoms with van der Waals surface area (Å²) in [6.45, 7) is 2.93. The van der Waals surface area contributed by atoms with Gasteiger partial charge < -0.3 is 10.1 Å². The van der Waals surface area contributed by atoms with Crippen molar-refractivity contribution in [3.63, 3.8) is 0 Å². The minimum atomic E-state index is -5.10. The van der Waals surface area contributed by atoms with Gasteiger partial charge in [-0.1, -0.05) is 12.1 Å². The topological polar surface area (TPSA) is 133 Å². The second-order valence-electron chi connectivity index (χ2n) is 8.36. The molecule has 0 aliphatic rings. The summed E-state index contributed by atoms with van der Waals surface area (Å²) in [7, 11) is -3.98. The number of benzene rings is 2. The van der Waals surface area contributed by atoms with Crippen molar-refractivity contribution in [3.05, 3.63) is 71.7 Å². The third-order valence-electron chi connectivity index (χ3n) is 5.35. The molecular formula is C24H20F3N5O5S. The van der Waals surface area contributed by atoms with E-state index in [1.807, 2.05) is 0 Å². The van der Waals surface area contributed by atoms with Gasteiger partial charge in [0.2, 0.25) is 0 Å². The molecule has 4 rings (SSSR count). The number of ketones is 1. The second-order valence-corrected chi connectivity index (χ2v) is 10.4. The van der Waals surface area contributed by atoms with Crippen LogP contribution in [0.1, 0.15) is 46.3 Å². The van der Waals surface area contributed by atoms with Crippen molar-refractivity contribution in [2.24, 2.45) is 0 Å². The highest BCUT2D eigenvalue weighted by Crippen LogP contribution is 2.28. The summed E-state index contributed by atoms with van der Waals surface area (Å²) >= 11 is 0. The van der Waals surface area contributed by atoms with Crippen LogP contribution in [-0.2, 0) is 9.84 Å². The number of ether oxygens (including phenoxy) is 1. The summed E-state index contributed by atoms with van der Waals surface area (Å²) in [4.78, 5) is 33.5. The van der Waals surface area contributed by atoms with E-state index in [1.54, 1.807) is 31.2 Å². The lowest BCUT2D eigenvalue weighted by Gasteiger charge is -2.18. The van der Waals surface area contributed by atoms with E-state index in [4.69, 9.17) is 0 Å². The molecule has 10 nitrogen and oxygen atoms in total. The Kier molecular flexibility index (Phi) is 6.93. The highest BCUT2D eigenvalue weighted by Gasteiger charge is 2.32. The fourth-order valence-electron chi connectivity index (χ4n) is 3.54. The van der Waals surface area contributed by atoms with Gasteiger partial charge in [0.25, 0.3) is 5.91 Å². The Morgan fingerprint density at radius 2 is 1.71 bits per heavy atom. The van der Waals surface area contributed by atoms with Crippen LogP contribution in [0.3, 0.4) is 0 Å². The number of amides is 1. The maximum absolute atomic E-state index is 13.1. The van der Waals surface area contributed by atoms with Crippen LogP contribution in [0.5, 0.6) is 5.75 Å². The lowest BCUT2D eigenvalue weighted by molar-refractivity contribution is -0.274. The van der Waals surface area contributed by atoms with Gasteiger partial charge in [-0.05, 0) is 44.2 Å². The van der Waals surface area contributed by atoms with Crippen LogP contribution in [0, 0.1) is 0 Å². The van der Waals surface area contributed by atoms with E-state index in [1.165, 1.54) is 24.0 Å². The lowest BCUT2D eigenvalue weighted by Crippen LogP contribution is -2.29. The summed E-state index contributed by atoms with van der Waals surface area (Å²) in [5, 5.41) is 6.77. The molecule has 0 fully saturated rings. The number of hydrogen-bond acceptors (Lipinski definition) is 8. The smallest absolute Gasteiger partial charge is 0.406 e. The molecule has 0 saturated heterocycles. The number of fused-ring (bicyclic) bond motifs is 1. The van der Waals surface area contributed by atoms with Gasteiger partial charge in [-0.3, -0.25) is 9.59 Å². The number of alkyl halides is 3. The van der Waals surface area contributed by atoms with Crippen molar-refractivity contribution < 1.29 is 35.9 Å². The zero-order valence-corrected chi connectivity index (χ0v) is 21.0. The Labute approximate surface area is 214 Å². The van der Waals surface area contributed by atoms with Gasteiger partial charge in [-0.25, -0.2) is 23.1 Å². The maximum atomic E-state index is 13.1. The van der Waals surface area contributed by atoms with E-state index in [2.05, 4.69) is 25.1 Å². The van der Waals surface area contributed by atoms with Crippen LogP contribution in [-0.4, -0.2) is 52.5 Å². The number of aromatic nitrogens is 4. The van der Waals surface area contributed by atoms with Gasteiger partial charge in [0.1, 0.15) is 11.4 Å². The van der Waals surface area contributed by atoms with Crippen molar-refractivity contribution in [3.8, 4) is 11.6 Å². The first-order valence-electron chi connectivity index (χ1n) is 11.0. The molecule has 14 heteroatoms. The first kappa shape index (κ1) is 26.7. The summed E-state index contributed by atoms with van der Waals surface area (Å²) in [5.41, 5.74) is 1.18. The number of para-hydroxylation sites is 2. The van der Waals surface area contributed by atoms with E-state index < -0.39 is 38.8 Å². The number of nitrogens with one attached hydrogen (secondary N) is 1. The van der Waals surface area contributed by atoms with Crippen LogP contribution in [0.2, 0.25) is 0 Å². The summed E-state index contributed by atoms with van der Waals surface area (Å²) in [5.74, 6) is -1.77. The molecule has 1 amide bonds. The van der Waals surface area contributed by atoms with E-state index in [0.717, 1.165) is 18.4 Å². The van der Waals surface area contributed by atoms with Gasteiger partial charge >= 0.3 is 6.36 Å². The Bertz CT molecular complexity index is 1670. The minimum absolute atomic E-state index is 0.204. The normalized spacial score (nSPS) is 12.8. The summed E-state index contributed by atoms with van der Waals surface area (Å²) in [6.07, 6.45) is -1.50. The number of carbonyl (C=O) groups excluding carboxylic acids is 2. The van der Waals surface area contributed by atoms with E-state index >= 15 is 0 Å². The number of nitrogens with zero attached hydrogens (tertiary/aromatic N) is 4. The molecule has 4 aromatic rings. The number of sulfone groups is 1. The average molecular weight is 548 g/mol. The predicted molar refractivity (Wildman–Crippen MR) is 129 cm³/mol. The number of carbonyl (C=O) groups is 2. The first-order chi connectivity index (χ1) is 17.7. The third kappa shape index (κ3) is 5.96. The number of halogens is 3. The van der Waals surface area contributed by atoms with E-state index in [0.29, 0.717) is 22.7 Å². The minimum Gasteiger partial charge on any atom is -0.406 e. The molecule has 1 N–H and O–H groups in total. The molecule has 0 aliphatic heterocycles. The molecule has 2 heterocycles. The molecule has 0 spiro atoms. The van der Waals surface area contributed by atoms with Gasteiger partial charge in [0.05, 0.1) is 33.7 Å². The quantitative estimate of drug-likeness (QED) is 0.346.